The van der Waals surface area contributed by atoms with E-state index in [0.717, 1.165) is 19.3 Å². The quantitative estimate of drug-likeness (QED) is 0.789. The summed E-state index contributed by atoms with van der Waals surface area (Å²) in [6.07, 6.45) is 0.455. The highest BCUT2D eigenvalue weighted by Gasteiger charge is 2.57. The number of hydrogen-bond acceptors (Lipinski definition) is 1. The normalized spacial score (nSPS) is 36.4. The molecule has 0 aromatic carbocycles. The number of hydrogen-bond donors (Lipinski definition) is 1. The summed E-state index contributed by atoms with van der Waals surface area (Å²) in [5.74, 6) is 0.884. The molecule has 0 heterocycles. The van der Waals surface area contributed by atoms with Crippen LogP contribution in [0.2, 0.25) is 0 Å². The van der Waals surface area contributed by atoms with Crippen LogP contribution in [0.4, 0.5) is 13.2 Å². The van der Waals surface area contributed by atoms with Crippen molar-refractivity contribution >= 4 is 0 Å². The Morgan fingerprint density at radius 2 is 1.88 bits per heavy atom. The Bertz CT molecular complexity index is 243. The SMILES string of the molecule is CCNC1(C(F)(F)F)CCCC(C2CC2)C1. The summed E-state index contributed by atoms with van der Waals surface area (Å²) in [5.41, 5.74) is -1.59. The fraction of sp³-hybridized carbons (Fsp3) is 1.00. The molecule has 2 aliphatic carbocycles. The van der Waals surface area contributed by atoms with Crippen LogP contribution < -0.4 is 5.32 Å². The molecule has 0 radical (unpaired) electrons. The molecule has 0 amide bonds. The molecule has 2 unspecified atom stereocenters. The van der Waals surface area contributed by atoms with Gasteiger partial charge in [0.15, 0.2) is 0 Å². The van der Waals surface area contributed by atoms with Gasteiger partial charge in [0.1, 0.15) is 5.54 Å². The lowest BCUT2D eigenvalue weighted by Crippen LogP contribution is -2.59. The molecule has 16 heavy (non-hydrogen) atoms. The molecule has 2 rings (SSSR count). The Kier molecular flexibility index (Phi) is 3.21. The van der Waals surface area contributed by atoms with Crippen LogP contribution in [0.25, 0.3) is 0 Å². The minimum absolute atomic E-state index is 0.258. The van der Waals surface area contributed by atoms with Gasteiger partial charge in [-0.25, -0.2) is 0 Å². The molecule has 0 aromatic rings. The second kappa shape index (κ2) is 4.21. The van der Waals surface area contributed by atoms with Crippen LogP contribution in [0, 0.1) is 11.8 Å². The number of halogens is 3. The van der Waals surface area contributed by atoms with Gasteiger partial charge in [-0.15, -0.1) is 0 Å². The maximum absolute atomic E-state index is 13.2. The maximum atomic E-state index is 13.2. The van der Waals surface area contributed by atoms with Crippen molar-refractivity contribution in [2.24, 2.45) is 11.8 Å². The third kappa shape index (κ3) is 2.22. The van der Waals surface area contributed by atoms with Gasteiger partial charge >= 0.3 is 6.18 Å². The summed E-state index contributed by atoms with van der Waals surface area (Å²) in [6, 6.07) is 0. The summed E-state index contributed by atoms with van der Waals surface area (Å²) >= 11 is 0. The van der Waals surface area contributed by atoms with Crippen LogP contribution in [0.5, 0.6) is 0 Å². The number of nitrogens with one attached hydrogen (secondary N) is 1. The van der Waals surface area contributed by atoms with Gasteiger partial charge in [0.25, 0.3) is 0 Å². The Balaban J connectivity index is 2.11. The molecule has 1 N–H and O–H groups in total. The summed E-state index contributed by atoms with van der Waals surface area (Å²) < 4.78 is 39.5. The zero-order valence-corrected chi connectivity index (χ0v) is 9.74. The summed E-state index contributed by atoms with van der Waals surface area (Å²) in [7, 11) is 0. The third-order valence-electron chi connectivity index (χ3n) is 4.14. The molecule has 2 aliphatic rings. The Morgan fingerprint density at radius 1 is 1.19 bits per heavy atom. The first kappa shape index (κ1) is 12.2. The maximum Gasteiger partial charge on any atom is 0.406 e. The van der Waals surface area contributed by atoms with E-state index >= 15 is 0 Å². The second-order valence-electron chi connectivity index (χ2n) is 5.30. The van der Waals surface area contributed by atoms with Gasteiger partial charge in [-0.2, -0.15) is 13.2 Å². The first-order valence-corrected chi connectivity index (χ1v) is 6.30. The standard InChI is InChI=1S/C12H20F3N/c1-2-16-11(12(13,14)15)7-3-4-10(8-11)9-5-6-9/h9-10,16H,2-8H2,1H3. The predicted octanol–water partition coefficient (Wildman–Crippen LogP) is 3.50. The van der Waals surface area contributed by atoms with Crippen LogP contribution >= 0.6 is 0 Å². The first-order chi connectivity index (χ1) is 7.48. The van der Waals surface area contributed by atoms with Gasteiger partial charge < -0.3 is 5.32 Å². The molecule has 0 aromatic heterocycles. The molecular formula is C12H20F3N. The predicted molar refractivity (Wildman–Crippen MR) is 57.1 cm³/mol. The fourth-order valence-corrected chi connectivity index (χ4v) is 3.14. The summed E-state index contributed by atoms with van der Waals surface area (Å²) in [6.45, 7) is 2.16. The van der Waals surface area contributed by atoms with Gasteiger partial charge in [-0.1, -0.05) is 19.8 Å². The minimum Gasteiger partial charge on any atom is -0.304 e. The largest absolute Gasteiger partial charge is 0.406 e. The van der Waals surface area contributed by atoms with E-state index in [9.17, 15) is 13.2 Å². The lowest BCUT2D eigenvalue weighted by molar-refractivity contribution is -0.210. The third-order valence-corrected chi connectivity index (χ3v) is 4.14. The topological polar surface area (TPSA) is 12.0 Å². The molecule has 1 nitrogen and oxygen atoms in total. The van der Waals surface area contributed by atoms with Crippen LogP contribution in [-0.2, 0) is 0 Å². The first-order valence-electron chi connectivity index (χ1n) is 6.30. The van der Waals surface area contributed by atoms with Crippen molar-refractivity contribution in [3.63, 3.8) is 0 Å². The Morgan fingerprint density at radius 3 is 2.38 bits per heavy atom. The van der Waals surface area contributed by atoms with Crippen molar-refractivity contribution < 1.29 is 13.2 Å². The van der Waals surface area contributed by atoms with Gasteiger partial charge in [-0.05, 0) is 44.1 Å². The van der Waals surface area contributed by atoms with E-state index < -0.39 is 11.7 Å². The number of rotatable bonds is 3. The highest BCUT2D eigenvalue weighted by atomic mass is 19.4. The average molecular weight is 235 g/mol. The van der Waals surface area contributed by atoms with E-state index in [0.29, 0.717) is 31.2 Å². The zero-order valence-electron chi connectivity index (χ0n) is 9.74. The molecule has 2 atom stereocenters. The highest BCUT2D eigenvalue weighted by Crippen LogP contribution is 2.50. The smallest absolute Gasteiger partial charge is 0.304 e. The lowest BCUT2D eigenvalue weighted by Gasteiger charge is -2.43. The molecule has 0 bridgehead atoms. The molecular weight excluding hydrogens is 215 g/mol. The molecule has 0 spiro atoms. The van der Waals surface area contributed by atoms with E-state index in [-0.39, 0.29) is 6.42 Å². The highest BCUT2D eigenvalue weighted by molar-refractivity contribution is 5.01. The van der Waals surface area contributed by atoms with Crippen LogP contribution in [-0.4, -0.2) is 18.3 Å². The van der Waals surface area contributed by atoms with Crippen molar-refractivity contribution in [3.05, 3.63) is 0 Å². The van der Waals surface area contributed by atoms with E-state index in [1.807, 2.05) is 0 Å². The van der Waals surface area contributed by atoms with Crippen LogP contribution in [0.1, 0.15) is 45.4 Å². The van der Waals surface area contributed by atoms with Gasteiger partial charge in [-0.3, -0.25) is 0 Å². The van der Waals surface area contributed by atoms with Crippen LogP contribution in [0.3, 0.4) is 0 Å². The zero-order chi connectivity index (χ0) is 11.8. The second-order valence-corrected chi connectivity index (χ2v) is 5.30. The van der Waals surface area contributed by atoms with Crippen molar-refractivity contribution in [1.29, 1.82) is 0 Å². The van der Waals surface area contributed by atoms with Crippen molar-refractivity contribution in [3.8, 4) is 0 Å². The Labute approximate surface area is 94.8 Å². The van der Waals surface area contributed by atoms with Gasteiger partial charge in [0.05, 0.1) is 0 Å². The fourth-order valence-electron chi connectivity index (χ4n) is 3.14. The molecule has 94 valence electrons. The number of alkyl halides is 3. The van der Waals surface area contributed by atoms with E-state index in [2.05, 4.69) is 5.32 Å². The summed E-state index contributed by atoms with van der Waals surface area (Å²) in [5, 5.41) is 2.73. The Hall–Kier alpha value is -0.250. The van der Waals surface area contributed by atoms with Crippen LogP contribution in [0.15, 0.2) is 0 Å². The van der Waals surface area contributed by atoms with E-state index in [1.165, 1.54) is 0 Å². The van der Waals surface area contributed by atoms with Crippen molar-refractivity contribution in [1.82, 2.24) is 5.32 Å². The van der Waals surface area contributed by atoms with E-state index in [4.69, 9.17) is 0 Å². The summed E-state index contributed by atoms with van der Waals surface area (Å²) in [4.78, 5) is 0. The average Bonchev–Trinajstić information content (AvgIpc) is 3.00. The van der Waals surface area contributed by atoms with Gasteiger partial charge in [0, 0.05) is 0 Å². The molecule has 2 saturated carbocycles. The van der Waals surface area contributed by atoms with Crippen molar-refractivity contribution in [2.45, 2.75) is 57.2 Å². The minimum atomic E-state index is -4.10. The molecule has 2 fully saturated rings. The van der Waals surface area contributed by atoms with E-state index in [1.54, 1.807) is 6.92 Å². The van der Waals surface area contributed by atoms with Crippen molar-refractivity contribution in [2.75, 3.05) is 6.54 Å². The van der Waals surface area contributed by atoms with Gasteiger partial charge in [0.2, 0.25) is 0 Å². The lowest BCUT2D eigenvalue weighted by atomic mass is 9.73. The molecule has 0 aliphatic heterocycles. The molecule has 0 saturated heterocycles. The monoisotopic (exact) mass is 235 g/mol. The molecule has 4 heteroatoms.